The molecule has 1 fully saturated rings. The molecule has 2 heterocycles. The molecule has 1 atom stereocenters. The van der Waals surface area contributed by atoms with Gasteiger partial charge in [0.05, 0.1) is 11.6 Å². The summed E-state index contributed by atoms with van der Waals surface area (Å²) in [5.41, 5.74) is 5.62. The molecule has 1 saturated heterocycles. The normalized spacial score (nSPS) is 14.1. The molecule has 0 amide bonds. The molecular formula is C31H34Cl3N3O2. The fourth-order valence-electron chi connectivity index (χ4n) is 4.63. The lowest BCUT2D eigenvalue weighted by Gasteiger charge is -2.40. The van der Waals surface area contributed by atoms with Crippen LogP contribution < -0.4 is 0 Å². The summed E-state index contributed by atoms with van der Waals surface area (Å²) in [5.74, 6) is -0.942. The maximum Gasteiger partial charge on any atom is 0.337 e. The van der Waals surface area contributed by atoms with Gasteiger partial charge >= 0.3 is 5.97 Å². The number of aromatic nitrogens is 1. The number of hydrogen-bond acceptors (Lipinski definition) is 4. The molecule has 1 aromatic heterocycles. The van der Waals surface area contributed by atoms with Gasteiger partial charge in [-0.1, -0.05) is 83.9 Å². The van der Waals surface area contributed by atoms with Crippen LogP contribution in [0.15, 0.2) is 103 Å². The molecule has 0 aliphatic carbocycles. The first-order valence-electron chi connectivity index (χ1n) is 12.5. The Morgan fingerprint density at radius 2 is 1.54 bits per heavy atom. The van der Waals surface area contributed by atoms with Crippen LogP contribution in [0.25, 0.3) is 0 Å². The molecule has 4 aromatic rings. The van der Waals surface area contributed by atoms with E-state index in [9.17, 15) is 4.79 Å². The summed E-state index contributed by atoms with van der Waals surface area (Å²) >= 11 is 6.14. The SMILES string of the molecule is Cc1cccc(CN2CCN(C(c3ccccc3)c3ccc(Cl)cc3)CC2)c1.Cl.Cl.O=C(O)c1cccnc1. The number of carboxylic acids is 1. The summed E-state index contributed by atoms with van der Waals surface area (Å²) in [4.78, 5) is 19.0. The van der Waals surface area contributed by atoms with Gasteiger partial charge in [0.25, 0.3) is 0 Å². The number of piperazine rings is 1. The van der Waals surface area contributed by atoms with Crippen molar-refractivity contribution in [2.75, 3.05) is 26.2 Å². The number of carboxylic acid groups (broad SMARTS) is 1. The van der Waals surface area contributed by atoms with E-state index in [1.807, 2.05) is 12.1 Å². The van der Waals surface area contributed by atoms with Crippen molar-refractivity contribution in [1.82, 2.24) is 14.8 Å². The minimum absolute atomic E-state index is 0. The molecule has 3 aromatic carbocycles. The molecule has 0 radical (unpaired) electrons. The number of carbonyl (C=O) groups is 1. The van der Waals surface area contributed by atoms with Crippen molar-refractivity contribution >= 4 is 42.4 Å². The number of benzene rings is 3. The molecule has 1 aliphatic rings. The fraction of sp³-hybridized carbons (Fsp3) is 0.226. The van der Waals surface area contributed by atoms with Crippen molar-refractivity contribution in [2.24, 2.45) is 0 Å². The molecule has 1 N–H and O–H groups in total. The molecule has 39 heavy (non-hydrogen) atoms. The van der Waals surface area contributed by atoms with Crippen LogP contribution in [0.2, 0.25) is 5.02 Å². The molecule has 206 valence electrons. The molecule has 1 unspecified atom stereocenters. The Morgan fingerprint density at radius 3 is 2.10 bits per heavy atom. The van der Waals surface area contributed by atoms with Gasteiger partial charge in [-0.2, -0.15) is 0 Å². The van der Waals surface area contributed by atoms with Gasteiger partial charge in [0.2, 0.25) is 0 Å². The Balaban J connectivity index is 0.000000416. The Labute approximate surface area is 248 Å². The molecule has 8 heteroatoms. The van der Waals surface area contributed by atoms with Gasteiger partial charge in [-0.3, -0.25) is 14.8 Å². The zero-order valence-corrected chi connectivity index (χ0v) is 24.2. The minimum Gasteiger partial charge on any atom is -0.478 e. The van der Waals surface area contributed by atoms with Crippen molar-refractivity contribution in [3.63, 3.8) is 0 Å². The van der Waals surface area contributed by atoms with E-state index in [4.69, 9.17) is 16.7 Å². The Bertz CT molecular complexity index is 1270. The van der Waals surface area contributed by atoms with Crippen LogP contribution in [0.1, 0.15) is 38.7 Å². The Hall–Kier alpha value is -2.93. The molecule has 5 nitrogen and oxygen atoms in total. The summed E-state index contributed by atoms with van der Waals surface area (Å²) < 4.78 is 0. The standard InChI is InChI=1S/C25H27ClN2.C6H5NO2.2ClH/c1-20-6-5-7-21(18-20)19-27-14-16-28(17-15-27)25(22-8-3-2-4-9-22)23-10-12-24(26)13-11-23;8-6(9)5-2-1-3-7-4-5;;/h2-13,18,25H,14-17,19H2,1H3;1-4H,(H,8,9);2*1H. The van der Waals surface area contributed by atoms with Crippen LogP contribution in [0.5, 0.6) is 0 Å². The van der Waals surface area contributed by atoms with Crippen LogP contribution in [-0.4, -0.2) is 52.0 Å². The minimum atomic E-state index is -0.942. The van der Waals surface area contributed by atoms with Crippen LogP contribution in [0.4, 0.5) is 0 Å². The van der Waals surface area contributed by atoms with Crippen molar-refractivity contribution in [3.05, 3.63) is 136 Å². The highest BCUT2D eigenvalue weighted by Gasteiger charge is 2.26. The number of aryl methyl sites for hydroxylation is 1. The molecular weight excluding hydrogens is 553 g/mol. The zero-order chi connectivity index (χ0) is 26.0. The first-order chi connectivity index (χ1) is 18.0. The van der Waals surface area contributed by atoms with E-state index in [1.165, 1.54) is 40.7 Å². The van der Waals surface area contributed by atoms with E-state index < -0.39 is 5.97 Å². The number of aromatic carboxylic acids is 1. The molecule has 1 aliphatic heterocycles. The predicted octanol–water partition coefficient (Wildman–Crippen LogP) is 7.18. The number of halogens is 3. The molecule has 0 saturated carbocycles. The summed E-state index contributed by atoms with van der Waals surface area (Å²) in [5, 5.41) is 9.14. The van der Waals surface area contributed by atoms with Crippen molar-refractivity contribution in [3.8, 4) is 0 Å². The third-order valence-electron chi connectivity index (χ3n) is 6.47. The number of hydrogen-bond donors (Lipinski definition) is 1. The maximum absolute atomic E-state index is 10.2. The predicted molar refractivity (Wildman–Crippen MR) is 163 cm³/mol. The van der Waals surface area contributed by atoms with Crippen LogP contribution in [0.3, 0.4) is 0 Å². The number of pyridine rings is 1. The van der Waals surface area contributed by atoms with Crippen molar-refractivity contribution in [2.45, 2.75) is 19.5 Å². The first kappa shape index (κ1) is 32.3. The monoisotopic (exact) mass is 585 g/mol. The summed E-state index contributed by atoms with van der Waals surface area (Å²) in [6.07, 6.45) is 2.84. The zero-order valence-electron chi connectivity index (χ0n) is 21.8. The van der Waals surface area contributed by atoms with Gasteiger partial charge in [0, 0.05) is 50.1 Å². The highest BCUT2D eigenvalue weighted by molar-refractivity contribution is 6.30. The maximum atomic E-state index is 10.2. The summed E-state index contributed by atoms with van der Waals surface area (Å²) in [7, 11) is 0. The van der Waals surface area contributed by atoms with Gasteiger partial charge in [0.1, 0.15) is 0 Å². The Morgan fingerprint density at radius 1 is 0.872 bits per heavy atom. The van der Waals surface area contributed by atoms with Gasteiger partial charge in [-0.25, -0.2) is 4.79 Å². The smallest absolute Gasteiger partial charge is 0.337 e. The topological polar surface area (TPSA) is 56.7 Å². The van der Waals surface area contributed by atoms with Gasteiger partial charge in [-0.15, -0.1) is 24.8 Å². The van der Waals surface area contributed by atoms with E-state index >= 15 is 0 Å². The molecule has 0 bridgehead atoms. The van der Waals surface area contributed by atoms with E-state index in [2.05, 4.69) is 88.4 Å². The molecule has 5 rings (SSSR count). The van der Waals surface area contributed by atoms with Crippen LogP contribution in [-0.2, 0) is 6.54 Å². The Kier molecular flexibility index (Phi) is 13.4. The average Bonchev–Trinajstić information content (AvgIpc) is 2.92. The van der Waals surface area contributed by atoms with Crippen molar-refractivity contribution in [1.29, 1.82) is 0 Å². The van der Waals surface area contributed by atoms with Gasteiger partial charge < -0.3 is 5.11 Å². The summed E-state index contributed by atoms with van der Waals surface area (Å²) in [6, 6.07) is 31.4. The largest absolute Gasteiger partial charge is 0.478 e. The summed E-state index contributed by atoms with van der Waals surface area (Å²) in [6.45, 7) is 7.50. The van der Waals surface area contributed by atoms with E-state index in [1.54, 1.807) is 6.07 Å². The molecule has 0 spiro atoms. The quantitative estimate of drug-likeness (QED) is 0.259. The number of nitrogens with zero attached hydrogens (tertiary/aromatic N) is 3. The van der Waals surface area contributed by atoms with E-state index in [0.717, 1.165) is 37.7 Å². The second-order valence-electron chi connectivity index (χ2n) is 9.21. The van der Waals surface area contributed by atoms with Crippen LogP contribution in [0, 0.1) is 6.92 Å². The lowest BCUT2D eigenvalue weighted by atomic mass is 9.96. The second-order valence-corrected chi connectivity index (χ2v) is 9.65. The van der Waals surface area contributed by atoms with E-state index in [0.29, 0.717) is 0 Å². The van der Waals surface area contributed by atoms with Gasteiger partial charge in [0.15, 0.2) is 0 Å². The lowest BCUT2D eigenvalue weighted by molar-refractivity contribution is 0.0696. The van der Waals surface area contributed by atoms with Gasteiger partial charge in [-0.05, 0) is 47.9 Å². The highest BCUT2D eigenvalue weighted by Crippen LogP contribution is 2.30. The first-order valence-corrected chi connectivity index (χ1v) is 12.8. The fourth-order valence-corrected chi connectivity index (χ4v) is 4.76. The average molecular weight is 587 g/mol. The highest BCUT2D eigenvalue weighted by atomic mass is 35.5. The third kappa shape index (κ3) is 9.64. The van der Waals surface area contributed by atoms with E-state index in [-0.39, 0.29) is 36.4 Å². The van der Waals surface area contributed by atoms with Crippen LogP contribution >= 0.6 is 36.4 Å². The third-order valence-corrected chi connectivity index (χ3v) is 6.72. The second kappa shape index (κ2) is 16.2. The number of rotatable bonds is 6. The lowest BCUT2D eigenvalue weighted by Crippen LogP contribution is -2.47. The van der Waals surface area contributed by atoms with Crippen molar-refractivity contribution < 1.29 is 9.90 Å².